The van der Waals surface area contributed by atoms with E-state index in [-0.39, 0.29) is 5.92 Å². The van der Waals surface area contributed by atoms with Crippen molar-refractivity contribution >= 4 is 21.7 Å². The third-order valence-electron chi connectivity index (χ3n) is 3.87. The molecule has 0 aromatic heterocycles. The zero-order valence-corrected chi connectivity index (χ0v) is 13.3. The number of fused-ring (bicyclic) bond motifs is 1. The predicted molar refractivity (Wildman–Crippen MR) is 86.8 cm³/mol. The Balaban J connectivity index is 1.67. The number of carbonyl (C=O) groups excluding carboxylic acids is 1. The molecule has 1 unspecified atom stereocenters. The zero-order chi connectivity index (χ0) is 14.7. The van der Waals surface area contributed by atoms with Crippen molar-refractivity contribution in [3.8, 4) is 5.75 Å². The van der Waals surface area contributed by atoms with E-state index in [4.69, 9.17) is 4.74 Å². The maximum absolute atomic E-state index is 12.3. The highest BCUT2D eigenvalue weighted by Gasteiger charge is 2.23. The number of hydrogen-bond acceptors (Lipinski definition) is 2. The molecule has 0 saturated carbocycles. The van der Waals surface area contributed by atoms with Gasteiger partial charge in [0.2, 0.25) is 0 Å². The third-order valence-corrected chi connectivity index (χ3v) is 4.40. The maximum Gasteiger partial charge on any atom is 0.137 e. The number of Topliss-reactive ketones (excluding diaryl/α,β-unsaturated/α-hetero) is 1. The van der Waals surface area contributed by atoms with Crippen LogP contribution in [0.1, 0.15) is 29.9 Å². The van der Waals surface area contributed by atoms with Gasteiger partial charge in [-0.3, -0.25) is 4.79 Å². The molecule has 1 aliphatic rings. The number of para-hydroxylation sites is 1. The first-order valence-electron chi connectivity index (χ1n) is 7.20. The highest BCUT2D eigenvalue weighted by molar-refractivity contribution is 9.10. The Morgan fingerprint density at radius 3 is 2.71 bits per heavy atom. The van der Waals surface area contributed by atoms with Crippen molar-refractivity contribution in [1.82, 2.24) is 0 Å². The van der Waals surface area contributed by atoms with Crippen molar-refractivity contribution in [1.29, 1.82) is 0 Å². The Morgan fingerprint density at radius 1 is 1.14 bits per heavy atom. The summed E-state index contributed by atoms with van der Waals surface area (Å²) in [7, 11) is 0. The molecule has 3 heteroatoms. The number of halogens is 1. The van der Waals surface area contributed by atoms with E-state index in [2.05, 4.69) is 22.0 Å². The summed E-state index contributed by atoms with van der Waals surface area (Å²) < 4.78 is 6.69. The van der Waals surface area contributed by atoms with Gasteiger partial charge in [0.1, 0.15) is 11.5 Å². The fourth-order valence-corrected chi connectivity index (χ4v) is 3.07. The number of carbonyl (C=O) groups is 1. The van der Waals surface area contributed by atoms with Crippen molar-refractivity contribution in [2.75, 3.05) is 6.61 Å². The van der Waals surface area contributed by atoms with Crippen molar-refractivity contribution in [3.05, 3.63) is 64.1 Å². The van der Waals surface area contributed by atoms with Crippen LogP contribution in [0.25, 0.3) is 0 Å². The standard InChI is InChI=1S/C18H17BrO2/c19-15-7-5-13(6-8-15)11-16(20)12-14-9-10-21-18-4-2-1-3-17(14)18/h1-8,14H,9-12H2. The molecule has 1 aliphatic heterocycles. The summed E-state index contributed by atoms with van der Waals surface area (Å²) in [6, 6.07) is 16.0. The average Bonchev–Trinajstić information content (AvgIpc) is 2.50. The number of benzene rings is 2. The molecule has 108 valence electrons. The molecule has 0 radical (unpaired) electrons. The second kappa shape index (κ2) is 6.44. The van der Waals surface area contributed by atoms with E-state index in [1.807, 2.05) is 42.5 Å². The van der Waals surface area contributed by atoms with Crippen LogP contribution in [0, 0.1) is 0 Å². The molecule has 0 spiro atoms. The quantitative estimate of drug-likeness (QED) is 0.815. The monoisotopic (exact) mass is 344 g/mol. The first kappa shape index (κ1) is 14.3. The first-order valence-corrected chi connectivity index (χ1v) is 7.99. The Labute approximate surface area is 133 Å². The van der Waals surface area contributed by atoms with Crippen LogP contribution in [-0.4, -0.2) is 12.4 Å². The number of ether oxygens (including phenoxy) is 1. The Hall–Kier alpha value is -1.61. The minimum absolute atomic E-state index is 0.290. The van der Waals surface area contributed by atoms with Crippen LogP contribution in [0.3, 0.4) is 0 Å². The second-order valence-electron chi connectivity index (χ2n) is 5.42. The van der Waals surface area contributed by atoms with Crippen LogP contribution in [-0.2, 0) is 11.2 Å². The van der Waals surface area contributed by atoms with Gasteiger partial charge in [-0.2, -0.15) is 0 Å². The first-order chi connectivity index (χ1) is 10.2. The summed E-state index contributed by atoms with van der Waals surface area (Å²) in [5.74, 6) is 1.52. The van der Waals surface area contributed by atoms with Crippen molar-refractivity contribution < 1.29 is 9.53 Å². The van der Waals surface area contributed by atoms with E-state index in [9.17, 15) is 4.79 Å². The molecule has 0 N–H and O–H groups in total. The fraction of sp³-hybridized carbons (Fsp3) is 0.278. The smallest absolute Gasteiger partial charge is 0.137 e. The van der Waals surface area contributed by atoms with Crippen molar-refractivity contribution in [3.63, 3.8) is 0 Å². The summed E-state index contributed by atoms with van der Waals surface area (Å²) >= 11 is 3.41. The molecule has 3 rings (SSSR count). The van der Waals surface area contributed by atoms with Crippen molar-refractivity contribution in [2.45, 2.75) is 25.2 Å². The Kier molecular flexibility index (Phi) is 4.39. The summed E-state index contributed by atoms with van der Waals surface area (Å²) in [6.45, 7) is 0.702. The largest absolute Gasteiger partial charge is 0.493 e. The molecule has 1 atom stereocenters. The van der Waals surface area contributed by atoms with Crippen LogP contribution in [0.5, 0.6) is 5.75 Å². The molecule has 0 bridgehead atoms. The predicted octanol–water partition coefficient (Wildman–Crippen LogP) is 4.52. The molecule has 2 aromatic carbocycles. The van der Waals surface area contributed by atoms with E-state index in [1.165, 1.54) is 5.56 Å². The minimum Gasteiger partial charge on any atom is -0.493 e. The lowest BCUT2D eigenvalue weighted by Crippen LogP contribution is -2.17. The zero-order valence-electron chi connectivity index (χ0n) is 11.7. The van der Waals surface area contributed by atoms with Crippen molar-refractivity contribution in [2.24, 2.45) is 0 Å². The molecular formula is C18H17BrO2. The van der Waals surface area contributed by atoms with Gasteiger partial charge in [0.25, 0.3) is 0 Å². The molecule has 2 nitrogen and oxygen atoms in total. The lowest BCUT2D eigenvalue weighted by atomic mass is 9.87. The Bertz CT molecular complexity index is 634. The van der Waals surface area contributed by atoms with Crippen LogP contribution in [0.15, 0.2) is 53.0 Å². The van der Waals surface area contributed by atoms with Gasteiger partial charge >= 0.3 is 0 Å². The maximum atomic E-state index is 12.3. The summed E-state index contributed by atoms with van der Waals surface area (Å²) in [6.07, 6.45) is 2.02. The molecule has 0 fully saturated rings. The summed E-state index contributed by atoms with van der Waals surface area (Å²) in [4.78, 5) is 12.3. The second-order valence-corrected chi connectivity index (χ2v) is 6.33. The molecule has 1 heterocycles. The molecule has 0 saturated heterocycles. The molecular weight excluding hydrogens is 328 g/mol. The third kappa shape index (κ3) is 3.53. The SMILES string of the molecule is O=C(Cc1ccc(Br)cc1)CC1CCOc2ccccc21. The number of ketones is 1. The van der Waals surface area contributed by atoms with E-state index >= 15 is 0 Å². The highest BCUT2D eigenvalue weighted by Crippen LogP contribution is 2.35. The van der Waals surface area contributed by atoms with Crippen LogP contribution < -0.4 is 4.74 Å². The van der Waals surface area contributed by atoms with Gasteiger partial charge in [-0.05, 0) is 41.7 Å². The van der Waals surface area contributed by atoms with Gasteiger partial charge in [-0.25, -0.2) is 0 Å². The molecule has 2 aromatic rings. The van der Waals surface area contributed by atoms with E-state index < -0.39 is 0 Å². The van der Waals surface area contributed by atoms with Gasteiger partial charge in [0, 0.05) is 17.3 Å². The number of rotatable bonds is 4. The van der Waals surface area contributed by atoms with Gasteiger partial charge < -0.3 is 4.74 Å². The van der Waals surface area contributed by atoms with E-state index in [0.29, 0.717) is 25.2 Å². The van der Waals surface area contributed by atoms with Gasteiger partial charge in [-0.1, -0.05) is 46.3 Å². The number of hydrogen-bond donors (Lipinski definition) is 0. The Morgan fingerprint density at radius 2 is 1.90 bits per heavy atom. The van der Waals surface area contributed by atoms with Crippen LogP contribution in [0.4, 0.5) is 0 Å². The highest BCUT2D eigenvalue weighted by atomic mass is 79.9. The van der Waals surface area contributed by atoms with Gasteiger partial charge in [-0.15, -0.1) is 0 Å². The van der Waals surface area contributed by atoms with Gasteiger partial charge in [0.05, 0.1) is 6.61 Å². The molecule has 0 amide bonds. The van der Waals surface area contributed by atoms with E-state index in [0.717, 1.165) is 22.2 Å². The summed E-state index contributed by atoms with van der Waals surface area (Å²) in [5, 5.41) is 0. The normalized spacial score (nSPS) is 16.9. The molecule has 21 heavy (non-hydrogen) atoms. The lowest BCUT2D eigenvalue weighted by molar-refractivity contribution is -0.118. The van der Waals surface area contributed by atoms with Crippen LogP contribution in [0.2, 0.25) is 0 Å². The van der Waals surface area contributed by atoms with Gasteiger partial charge in [0.15, 0.2) is 0 Å². The lowest BCUT2D eigenvalue weighted by Gasteiger charge is -2.25. The van der Waals surface area contributed by atoms with E-state index in [1.54, 1.807) is 0 Å². The van der Waals surface area contributed by atoms with Crippen LogP contribution >= 0.6 is 15.9 Å². The summed E-state index contributed by atoms with van der Waals surface area (Å²) in [5.41, 5.74) is 2.25. The average molecular weight is 345 g/mol. The molecule has 0 aliphatic carbocycles. The fourth-order valence-electron chi connectivity index (χ4n) is 2.80. The topological polar surface area (TPSA) is 26.3 Å². The minimum atomic E-state index is 0.290.